The zero-order valence-corrected chi connectivity index (χ0v) is 24.9. The molecule has 0 fully saturated rings. The van der Waals surface area contributed by atoms with Crippen LogP contribution in [0.5, 0.6) is 0 Å². The van der Waals surface area contributed by atoms with Gasteiger partial charge in [-0.2, -0.15) is 0 Å². The summed E-state index contributed by atoms with van der Waals surface area (Å²) in [6.45, 7) is 0. The summed E-state index contributed by atoms with van der Waals surface area (Å²) in [4.78, 5) is 17.8. The fraction of sp³-hybridized carbons (Fsp3) is 0.235. The van der Waals surface area contributed by atoms with Gasteiger partial charge in [-0.25, -0.2) is 0 Å². The molecule has 4 aromatic rings. The molecule has 0 saturated carbocycles. The van der Waals surface area contributed by atoms with Crippen LogP contribution in [0, 0.1) is 0 Å². The van der Waals surface area contributed by atoms with E-state index in [0.29, 0.717) is 0 Å². The van der Waals surface area contributed by atoms with Crippen LogP contribution in [0.3, 0.4) is 0 Å². The van der Waals surface area contributed by atoms with Gasteiger partial charge in [-0.05, 0) is 70.8 Å². The van der Waals surface area contributed by atoms with Crippen LogP contribution in [0.1, 0.15) is 22.3 Å². The van der Waals surface area contributed by atoms with Gasteiger partial charge in [-0.1, -0.05) is 36.4 Å². The number of anilines is 4. The molecular weight excluding hydrogens is 492 g/mol. The van der Waals surface area contributed by atoms with Gasteiger partial charge >= 0.3 is 0 Å². The standard InChI is InChI=1S/C34H40N6/c1-37(2)31-15-13-25(23-33(31)39(5)6)9-11-27-17-19-35-29(21-27)30-22-28(18-20-36-30)12-10-26-14-16-32(38(3)4)34(24-26)40(7)8/h9-24H,1-8H3/b11-9+,12-10+. The molecule has 0 aliphatic rings. The van der Waals surface area contributed by atoms with Crippen LogP contribution in [-0.4, -0.2) is 66.3 Å². The number of hydrogen-bond acceptors (Lipinski definition) is 6. The Morgan fingerprint density at radius 2 is 0.725 bits per heavy atom. The number of nitrogens with zero attached hydrogens (tertiary/aromatic N) is 6. The lowest BCUT2D eigenvalue weighted by atomic mass is 10.1. The maximum absolute atomic E-state index is 4.61. The summed E-state index contributed by atoms with van der Waals surface area (Å²) in [5, 5.41) is 0. The van der Waals surface area contributed by atoms with Crippen LogP contribution in [-0.2, 0) is 0 Å². The van der Waals surface area contributed by atoms with Gasteiger partial charge in [0.2, 0.25) is 0 Å². The minimum atomic E-state index is 0.847. The Hall–Kier alpha value is -4.58. The van der Waals surface area contributed by atoms with E-state index >= 15 is 0 Å². The van der Waals surface area contributed by atoms with E-state index in [9.17, 15) is 0 Å². The van der Waals surface area contributed by atoms with Gasteiger partial charge in [0.05, 0.1) is 34.1 Å². The third-order valence-corrected chi connectivity index (χ3v) is 6.69. The van der Waals surface area contributed by atoms with Crippen molar-refractivity contribution in [3.05, 3.63) is 95.3 Å². The highest BCUT2D eigenvalue weighted by atomic mass is 15.1. The van der Waals surface area contributed by atoms with Gasteiger partial charge < -0.3 is 19.6 Å². The topological polar surface area (TPSA) is 38.7 Å². The summed E-state index contributed by atoms with van der Waals surface area (Å²) in [6, 6.07) is 21.2. The first-order valence-corrected chi connectivity index (χ1v) is 13.4. The highest BCUT2D eigenvalue weighted by Gasteiger charge is 2.08. The van der Waals surface area contributed by atoms with Crippen LogP contribution < -0.4 is 19.6 Å². The predicted octanol–water partition coefficient (Wildman–Crippen LogP) is 6.75. The summed E-state index contributed by atoms with van der Waals surface area (Å²) in [5.41, 5.74) is 10.9. The van der Waals surface area contributed by atoms with Crippen LogP contribution in [0.2, 0.25) is 0 Å². The van der Waals surface area contributed by atoms with E-state index in [4.69, 9.17) is 0 Å². The van der Waals surface area contributed by atoms with Crippen molar-refractivity contribution >= 4 is 47.1 Å². The van der Waals surface area contributed by atoms with Gasteiger partial charge in [0, 0.05) is 68.8 Å². The summed E-state index contributed by atoms with van der Waals surface area (Å²) in [6.07, 6.45) is 12.2. The molecule has 0 bridgehead atoms. The van der Waals surface area contributed by atoms with E-state index in [1.165, 1.54) is 22.7 Å². The SMILES string of the molecule is CN(C)c1ccc(/C=C/c2ccnc(-c3cc(/C=C/c4ccc(N(C)C)c(N(C)C)c4)ccn3)c2)cc1N(C)C. The quantitative estimate of drug-likeness (QED) is 0.237. The highest BCUT2D eigenvalue weighted by molar-refractivity contribution is 5.80. The first kappa shape index (κ1) is 28.4. The Bertz CT molecular complexity index is 1400. The molecule has 0 amide bonds. The van der Waals surface area contributed by atoms with Crippen molar-refractivity contribution in [2.45, 2.75) is 0 Å². The Morgan fingerprint density at radius 1 is 0.400 bits per heavy atom. The molecule has 2 heterocycles. The minimum Gasteiger partial charge on any atom is -0.376 e. The lowest BCUT2D eigenvalue weighted by Gasteiger charge is -2.23. The second-order valence-electron chi connectivity index (χ2n) is 10.7. The molecule has 2 aromatic heterocycles. The average Bonchev–Trinajstić information content (AvgIpc) is 2.94. The predicted molar refractivity (Wildman–Crippen MR) is 176 cm³/mol. The Labute approximate surface area is 239 Å². The lowest BCUT2D eigenvalue weighted by molar-refractivity contribution is 1.07. The van der Waals surface area contributed by atoms with Crippen molar-refractivity contribution in [2.75, 3.05) is 76.0 Å². The van der Waals surface area contributed by atoms with Crippen molar-refractivity contribution in [2.24, 2.45) is 0 Å². The maximum atomic E-state index is 4.61. The molecule has 0 saturated heterocycles. The molecule has 6 nitrogen and oxygen atoms in total. The van der Waals surface area contributed by atoms with Gasteiger partial charge in [-0.3, -0.25) is 9.97 Å². The second kappa shape index (κ2) is 12.5. The monoisotopic (exact) mass is 532 g/mol. The van der Waals surface area contributed by atoms with Gasteiger partial charge in [0.15, 0.2) is 0 Å². The van der Waals surface area contributed by atoms with E-state index in [-0.39, 0.29) is 0 Å². The number of hydrogen-bond donors (Lipinski definition) is 0. The number of aromatic nitrogens is 2. The molecule has 0 aliphatic heterocycles. The average molecular weight is 533 g/mol. The second-order valence-corrected chi connectivity index (χ2v) is 10.7. The van der Waals surface area contributed by atoms with Gasteiger partial charge in [0.25, 0.3) is 0 Å². The van der Waals surface area contributed by atoms with Crippen molar-refractivity contribution in [1.29, 1.82) is 0 Å². The third kappa shape index (κ3) is 6.89. The van der Waals surface area contributed by atoms with E-state index in [1.54, 1.807) is 0 Å². The summed E-state index contributed by atoms with van der Waals surface area (Å²) >= 11 is 0. The third-order valence-electron chi connectivity index (χ3n) is 6.69. The molecule has 0 radical (unpaired) electrons. The van der Waals surface area contributed by atoms with Crippen LogP contribution in [0.4, 0.5) is 22.7 Å². The van der Waals surface area contributed by atoms with Crippen molar-refractivity contribution in [3.63, 3.8) is 0 Å². The smallest absolute Gasteiger partial charge is 0.0892 e. The Morgan fingerprint density at radius 3 is 1.05 bits per heavy atom. The maximum Gasteiger partial charge on any atom is 0.0892 e. The van der Waals surface area contributed by atoms with E-state index in [1.807, 2.05) is 24.5 Å². The number of pyridine rings is 2. The Kier molecular flexibility index (Phi) is 8.90. The van der Waals surface area contributed by atoms with Crippen LogP contribution in [0.25, 0.3) is 35.7 Å². The molecule has 4 rings (SSSR count). The van der Waals surface area contributed by atoms with Crippen LogP contribution >= 0.6 is 0 Å². The van der Waals surface area contributed by atoms with Gasteiger partial charge in [0.1, 0.15) is 0 Å². The summed E-state index contributed by atoms with van der Waals surface area (Å²) in [7, 11) is 16.6. The minimum absolute atomic E-state index is 0.847. The molecule has 0 atom stereocenters. The van der Waals surface area contributed by atoms with Crippen molar-refractivity contribution in [3.8, 4) is 11.4 Å². The zero-order chi connectivity index (χ0) is 28.8. The van der Waals surface area contributed by atoms with E-state index < -0.39 is 0 Å². The fourth-order valence-corrected chi connectivity index (χ4v) is 4.53. The molecule has 0 unspecified atom stereocenters. The molecule has 6 heteroatoms. The van der Waals surface area contributed by atoms with E-state index in [0.717, 1.165) is 33.6 Å². The number of benzene rings is 2. The lowest BCUT2D eigenvalue weighted by Crippen LogP contribution is -2.16. The van der Waals surface area contributed by atoms with E-state index in [2.05, 4.69) is 159 Å². The zero-order valence-electron chi connectivity index (χ0n) is 24.9. The summed E-state index contributed by atoms with van der Waals surface area (Å²) < 4.78 is 0. The molecule has 0 aliphatic carbocycles. The molecular formula is C34H40N6. The molecule has 0 spiro atoms. The first-order chi connectivity index (χ1) is 19.1. The molecule has 2 aromatic carbocycles. The Balaban J connectivity index is 1.55. The fourth-order valence-electron chi connectivity index (χ4n) is 4.53. The highest BCUT2D eigenvalue weighted by Crippen LogP contribution is 2.30. The molecule has 40 heavy (non-hydrogen) atoms. The summed E-state index contributed by atoms with van der Waals surface area (Å²) in [5.74, 6) is 0. The van der Waals surface area contributed by atoms with Gasteiger partial charge in [-0.15, -0.1) is 0 Å². The largest absolute Gasteiger partial charge is 0.376 e. The van der Waals surface area contributed by atoms with Crippen molar-refractivity contribution in [1.82, 2.24) is 9.97 Å². The number of rotatable bonds is 9. The first-order valence-electron chi connectivity index (χ1n) is 13.4. The normalized spacial score (nSPS) is 11.3. The van der Waals surface area contributed by atoms with Crippen LogP contribution in [0.15, 0.2) is 73.1 Å². The molecule has 206 valence electrons. The van der Waals surface area contributed by atoms with Crippen molar-refractivity contribution < 1.29 is 0 Å². The molecule has 0 N–H and O–H groups in total.